The highest BCUT2D eigenvalue weighted by Crippen LogP contribution is 2.21. The molecule has 72 heavy (non-hydrogen) atoms. The number of hydrogen-bond acceptors (Lipinski definition) is 10. The summed E-state index contributed by atoms with van der Waals surface area (Å²) in [4.78, 5) is 116. The number of aromatic nitrogens is 2. The van der Waals surface area contributed by atoms with Crippen molar-refractivity contribution in [1.29, 1.82) is 0 Å². The summed E-state index contributed by atoms with van der Waals surface area (Å²) in [6, 6.07) is 16.8. The number of nitrogens with two attached hydrogens (primary N) is 3. The van der Waals surface area contributed by atoms with Gasteiger partial charge in [-0.1, -0.05) is 80.6 Å². The van der Waals surface area contributed by atoms with E-state index in [1.807, 2.05) is 92.7 Å². The van der Waals surface area contributed by atoms with Gasteiger partial charge in [-0.15, -0.1) is 0 Å². The number of aliphatic imine (C=N–C) groups is 1. The zero-order valence-corrected chi connectivity index (χ0v) is 40.5. The maximum absolute atomic E-state index is 14.0. The van der Waals surface area contributed by atoms with Crippen molar-refractivity contribution in [3.63, 3.8) is 0 Å². The molecule has 384 valence electrons. The van der Waals surface area contributed by atoms with Gasteiger partial charge in [0.05, 0.1) is 19.1 Å². The number of fused-ring (bicyclic) bond motifs is 2. The molecule has 5 rings (SSSR count). The SMILES string of the molecule is CC(C)C[C@H](NC(=O)[C@H](C)NC(=O)CNC(=O)CNC(=O)[C@H](Cc1c[nH]c2ccccc12)NC(=O)[C@@H](N)Cc1ccccc1)C(=O)N[C@@H](Cc1c[nH]c2ccccc12)C(=O)N[C@@H](CCCN=C(N)N)C(=O)O. The Balaban J connectivity index is 1.16. The molecule has 2 aromatic heterocycles. The molecule has 0 bridgehead atoms. The third-order valence-electron chi connectivity index (χ3n) is 11.6. The quantitative estimate of drug-likeness (QED) is 0.0186. The third-order valence-corrected chi connectivity index (χ3v) is 11.6. The number of guanidine groups is 1. The number of aromatic amines is 2. The normalized spacial score (nSPS) is 13.6. The highest BCUT2D eigenvalue weighted by molar-refractivity contribution is 5.97. The maximum atomic E-state index is 14.0. The predicted molar refractivity (Wildman–Crippen MR) is 270 cm³/mol. The van der Waals surface area contributed by atoms with E-state index in [0.717, 1.165) is 32.9 Å². The second-order valence-electron chi connectivity index (χ2n) is 17.9. The van der Waals surface area contributed by atoms with Gasteiger partial charge >= 0.3 is 5.97 Å². The average Bonchev–Trinajstić information content (AvgIpc) is 3.96. The fraction of sp³-hybridized carbons (Fsp3) is 0.380. The van der Waals surface area contributed by atoms with Crippen molar-refractivity contribution in [2.45, 2.75) is 95.5 Å². The van der Waals surface area contributed by atoms with Gasteiger partial charge in [-0.3, -0.25) is 38.6 Å². The van der Waals surface area contributed by atoms with Crippen LogP contribution in [0.1, 0.15) is 56.7 Å². The second kappa shape index (κ2) is 26.6. The van der Waals surface area contributed by atoms with Crippen LogP contribution in [0.2, 0.25) is 0 Å². The van der Waals surface area contributed by atoms with Crippen molar-refractivity contribution in [2.75, 3.05) is 19.6 Å². The number of nitrogens with one attached hydrogen (secondary N) is 9. The molecule has 0 fully saturated rings. The average molecular weight is 992 g/mol. The van der Waals surface area contributed by atoms with Gasteiger partial charge in [0.25, 0.3) is 0 Å². The van der Waals surface area contributed by atoms with Crippen LogP contribution in [0.25, 0.3) is 21.8 Å². The van der Waals surface area contributed by atoms with Crippen molar-refractivity contribution >= 4 is 75.1 Å². The van der Waals surface area contributed by atoms with Crippen LogP contribution in [-0.4, -0.2) is 124 Å². The molecule has 5 aromatic rings. The van der Waals surface area contributed by atoms with Crippen LogP contribution in [0.4, 0.5) is 0 Å². The summed E-state index contributed by atoms with van der Waals surface area (Å²) >= 11 is 0. The Kier molecular flexibility index (Phi) is 20.2. The summed E-state index contributed by atoms with van der Waals surface area (Å²) in [6.45, 7) is 4.01. The van der Waals surface area contributed by atoms with E-state index >= 15 is 0 Å². The lowest BCUT2D eigenvalue weighted by Gasteiger charge is -2.26. The van der Waals surface area contributed by atoms with E-state index in [0.29, 0.717) is 5.56 Å². The van der Waals surface area contributed by atoms with Gasteiger partial charge in [0.2, 0.25) is 41.4 Å². The summed E-state index contributed by atoms with van der Waals surface area (Å²) < 4.78 is 0. The lowest BCUT2D eigenvalue weighted by molar-refractivity contribution is -0.142. The van der Waals surface area contributed by atoms with E-state index in [4.69, 9.17) is 17.2 Å². The summed E-state index contributed by atoms with van der Waals surface area (Å²) in [6.07, 6.45) is 4.02. The van der Waals surface area contributed by atoms with Crippen LogP contribution in [0.5, 0.6) is 0 Å². The maximum Gasteiger partial charge on any atom is 0.326 e. The monoisotopic (exact) mass is 992 g/mol. The minimum atomic E-state index is -1.34. The summed E-state index contributed by atoms with van der Waals surface area (Å²) in [5, 5.41) is 29.6. The molecule has 0 spiro atoms. The predicted octanol–water partition coefficient (Wildman–Crippen LogP) is -0.135. The van der Waals surface area contributed by atoms with Gasteiger partial charge in [-0.25, -0.2) is 4.79 Å². The number of hydrogen-bond donors (Lipinski definition) is 13. The molecular weight excluding hydrogens is 927 g/mol. The molecule has 22 nitrogen and oxygen atoms in total. The molecule has 22 heteroatoms. The zero-order valence-electron chi connectivity index (χ0n) is 40.5. The molecule has 3 aromatic carbocycles. The highest BCUT2D eigenvalue weighted by atomic mass is 16.4. The Hall–Kier alpha value is -8.27. The van der Waals surface area contributed by atoms with Gasteiger partial charge in [0.15, 0.2) is 5.96 Å². The smallest absolute Gasteiger partial charge is 0.326 e. The van der Waals surface area contributed by atoms with Gasteiger partial charge in [-0.05, 0) is 67.3 Å². The molecule has 0 radical (unpaired) electrons. The number of carboxylic acids is 1. The Labute approximate surface area is 415 Å². The van der Waals surface area contributed by atoms with Crippen LogP contribution in [0.15, 0.2) is 96.2 Å². The fourth-order valence-corrected chi connectivity index (χ4v) is 7.89. The second-order valence-corrected chi connectivity index (χ2v) is 17.9. The van der Waals surface area contributed by atoms with E-state index in [2.05, 4.69) is 52.2 Å². The number of carbonyl (C=O) groups excluding carboxylic acids is 7. The molecular formula is C50H65N13O9. The number of carboxylic acid groups (broad SMARTS) is 1. The van der Waals surface area contributed by atoms with Crippen molar-refractivity contribution in [1.82, 2.24) is 47.2 Å². The van der Waals surface area contributed by atoms with Gasteiger partial charge in [0.1, 0.15) is 30.2 Å². The van der Waals surface area contributed by atoms with Crippen molar-refractivity contribution in [2.24, 2.45) is 28.1 Å². The van der Waals surface area contributed by atoms with Crippen LogP contribution >= 0.6 is 0 Å². The van der Waals surface area contributed by atoms with Crippen LogP contribution in [0.3, 0.4) is 0 Å². The number of aliphatic carboxylic acids is 1. The van der Waals surface area contributed by atoms with Crippen molar-refractivity contribution in [3.8, 4) is 0 Å². The molecule has 0 aliphatic heterocycles. The van der Waals surface area contributed by atoms with E-state index in [-0.39, 0.29) is 56.9 Å². The molecule has 16 N–H and O–H groups in total. The summed E-state index contributed by atoms with van der Waals surface area (Å²) in [5.74, 6) is -6.61. The molecule has 2 heterocycles. The first kappa shape index (κ1) is 54.7. The number of rotatable bonds is 27. The standard InChI is InChI=1S/C50H65N13O9/c1-28(2)20-39(47(69)63-41(23-32-25-56-37-17-10-8-15-34(32)37)48(70)60-38(49(71)72)18-11-19-54-50(52)53)61-44(66)29(3)59-43(65)27-57-42(64)26-58-46(68)40(22-31-24-55-36-16-9-7-14-33(31)36)62-45(67)35(51)21-30-12-5-4-6-13-30/h4-10,12-17,24-25,28-29,35,38-41,55-56H,11,18-23,26-27,51H2,1-3H3,(H,57,64)(H,58,68)(H,59,65)(H,60,70)(H,61,66)(H,62,67)(H,63,69)(H,71,72)(H4,52,53,54)/t29-,35-,38-,39-,40-,41-/m0/s1. The highest BCUT2D eigenvalue weighted by Gasteiger charge is 2.32. The van der Waals surface area contributed by atoms with Crippen molar-refractivity contribution < 1.29 is 43.5 Å². The van der Waals surface area contributed by atoms with Gasteiger partial charge < -0.3 is 69.5 Å². The summed E-state index contributed by atoms with van der Waals surface area (Å²) in [7, 11) is 0. The lowest BCUT2D eigenvalue weighted by atomic mass is 10.00. The molecule has 0 unspecified atom stereocenters. The number of benzene rings is 3. The molecule has 0 saturated heterocycles. The minimum absolute atomic E-state index is 0.0118. The lowest BCUT2D eigenvalue weighted by Crippen LogP contribution is -2.58. The Morgan fingerprint density at radius 2 is 1.10 bits per heavy atom. The van der Waals surface area contributed by atoms with Crippen LogP contribution in [-0.2, 0) is 57.6 Å². The topological polar surface area (TPSA) is 363 Å². The number of nitrogens with zero attached hydrogens (tertiary/aromatic N) is 1. The van der Waals surface area contributed by atoms with E-state index in [1.54, 1.807) is 12.4 Å². The van der Waals surface area contributed by atoms with E-state index in [9.17, 15) is 43.5 Å². The molecule has 6 atom stereocenters. The first-order valence-electron chi connectivity index (χ1n) is 23.6. The van der Waals surface area contributed by atoms with Crippen LogP contribution in [0, 0.1) is 5.92 Å². The first-order valence-corrected chi connectivity index (χ1v) is 23.6. The Bertz CT molecular complexity index is 2720. The molecule has 0 saturated carbocycles. The van der Waals surface area contributed by atoms with E-state index in [1.165, 1.54) is 6.92 Å². The first-order chi connectivity index (χ1) is 34.4. The zero-order chi connectivity index (χ0) is 52.3. The molecule has 0 aliphatic rings. The molecule has 0 aliphatic carbocycles. The summed E-state index contributed by atoms with van der Waals surface area (Å²) in [5.41, 5.74) is 20.8. The fourth-order valence-electron chi connectivity index (χ4n) is 7.89. The third kappa shape index (κ3) is 16.7. The number of carbonyl (C=O) groups is 8. The largest absolute Gasteiger partial charge is 0.480 e. The number of para-hydroxylation sites is 2. The van der Waals surface area contributed by atoms with Gasteiger partial charge in [-0.2, -0.15) is 0 Å². The van der Waals surface area contributed by atoms with Crippen molar-refractivity contribution in [3.05, 3.63) is 108 Å². The molecule has 7 amide bonds. The van der Waals surface area contributed by atoms with E-state index < -0.39 is 96.7 Å². The number of H-pyrrole nitrogens is 2. The number of amides is 7. The Morgan fingerprint density at radius 1 is 0.583 bits per heavy atom. The van der Waals surface area contributed by atoms with Crippen LogP contribution < -0.4 is 54.4 Å². The Morgan fingerprint density at radius 3 is 1.68 bits per heavy atom. The van der Waals surface area contributed by atoms with Gasteiger partial charge in [0, 0.05) is 53.6 Å². The minimum Gasteiger partial charge on any atom is -0.480 e.